The number of amides is 2. The van der Waals surface area contributed by atoms with Gasteiger partial charge in [-0.2, -0.15) is 0 Å². The molecule has 0 radical (unpaired) electrons. The van der Waals surface area contributed by atoms with E-state index in [2.05, 4.69) is 15.6 Å². The van der Waals surface area contributed by atoms with Gasteiger partial charge in [0.05, 0.1) is 33.0 Å². The van der Waals surface area contributed by atoms with Crippen LogP contribution in [-0.4, -0.2) is 16.8 Å². The molecule has 2 amide bonds. The van der Waals surface area contributed by atoms with Crippen LogP contribution in [0.15, 0.2) is 78.3 Å². The Hall–Kier alpha value is -3.51. The highest BCUT2D eigenvalue weighted by atomic mass is 32.1. The Bertz CT molecular complexity index is 1170. The van der Waals surface area contributed by atoms with Crippen molar-refractivity contribution < 1.29 is 9.59 Å². The molecular formula is C23H19N3O2S. The van der Waals surface area contributed by atoms with E-state index in [4.69, 9.17) is 0 Å². The molecule has 1 aromatic heterocycles. The Balaban J connectivity index is 1.53. The fourth-order valence-electron chi connectivity index (χ4n) is 3.08. The molecule has 0 aliphatic rings. The molecule has 5 nitrogen and oxygen atoms in total. The van der Waals surface area contributed by atoms with Crippen molar-refractivity contribution in [2.45, 2.75) is 13.0 Å². The van der Waals surface area contributed by atoms with Gasteiger partial charge in [-0.15, -0.1) is 11.3 Å². The number of carbonyl (C=O) groups excluding carboxylic acids is 2. The zero-order valence-corrected chi connectivity index (χ0v) is 16.6. The second-order valence-electron chi connectivity index (χ2n) is 6.64. The predicted octanol–water partition coefficient (Wildman–Crippen LogP) is 5.04. The maximum atomic E-state index is 12.8. The third-order valence-electron chi connectivity index (χ3n) is 4.66. The number of nitrogens with one attached hydrogen (secondary N) is 2. The van der Waals surface area contributed by atoms with Crippen LogP contribution < -0.4 is 10.6 Å². The van der Waals surface area contributed by atoms with Gasteiger partial charge in [0.25, 0.3) is 11.8 Å². The van der Waals surface area contributed by atoms with Crippen molar-refractivity contribution in [3.63, 3.8) is 0 Å². The van der Waals surface area contributed by atoms with E-state index in [0.29, 0.717) is 16.8 Å². The van der Waals surface area contributed by atoms with Crippen LogP contribution in [0.1, 0.15) is 39.2 Å². The van der Waals surface area contributed by atoms with E-state index in [1.807, 2.05) is 49.4 Å². The van der Waals surface area contributed by atoms with Crippen molar-refractivity contribution in [2.24, 2.45) is 0 Å². The molecule has 1 atom stereocenters. The topological polar surface area (TPSA) is 71.1 Å². The van der Waals surface area contributed by atoms with Gasteiger partial charge in [-0.1, -0.05) is 42.5 Å². The second-order valence-corrected chi connectivity index (χ2v) is 7.53. The van der Waals surface area contributed by atoms with Gasteiger partial charge in [-0.3, -0.25) is 9.59 Å². The molecule has 0 fully saturated rings. The zero-order chi connectivity index (χ0) is 20.2. The standard InChI is InChI=1S/C23H19N3O2S/c1-15(16-7-3-2-4-8-16)25-23(28)18-9-5-6-10-19(18)26-22(27)17-11-12-20-21(13-17)29-14-24-20/h2-15H,1H3,(H,25,28)(H,26,27). The third kappa shape index (κ3) is 4.17. The lowest BCUT2D eigenvalue weighted by molar-refractivity contribution is 0.0941. The van der Waals surface area contributed by atoms with Gasteiger partial charge in [-0.05, 0) is 42.8 Å². The van der Waals surface area contributed by atoms with Crippen LogP contribution in [0.2, 0.25) is 0 Å². The molecule has 1 heterocycles. The Morgan fingerprint density at radius 2 is 1.69 bits per heavy atom. The summed E-state index contributed by atoms with van der Waals surface area (Å²) < 4.78 is 0.945. The number of benzene rings is 3. The van der Waals surface area contributed by atoms with E-state index in [0.717, 1.165) is 15.8 Å². The molecule has 0 saturated carbocycles. The van der Waals surface area contributed by atoms with Crippen LogP contribution in [0.5, 0.6) is 0 Å². The molecule has 4 rings (SSSR count). The summed E-state index contributed by atoms with van der Waals surface area (Å²) in [6.07, 6.45) is 0. The zero-order valence-electron chi connectivity index (χ0n) is 15.8. The fourth-order valence-corrected chi connectivity index (χ4v) is 3.80. The second kappa shape index (κ2) is 8.24. The van der Waals surface area contributed by atoms with E-state index in [1.165, 1.54) is 11.3 Å². The molecule has 0 spiro atoms. The lowest BCUT2D eigenvalue weighted by Crippen LogP contribution is -2.28. The minimum absolute atomic E-state index is 0.152. The predicted molar refractivity (Wildman–Crippen MR) is 116 cm³/mol. The first kappa shape index (κ1) is 18.8. The molecule has 29 heavy (non-hydrogen) atoms. The van der Waals surface area contributed by atoms with E-state index < -0.39 is 0 Å². The largest absolute Gasteiger partial charge is 0.345 e. The average molecular weight is 401 g/mol. The van der Waals surface area contributed by atoms with Crippen molar-refractivity contribution >= 4 is 39.1 Å². The molecular weight excluding hydrogens is 382 g/mol. The quantitative estimate of drug-likeness (QED) is 0.492. The summed E-state index contributed by atoms with van der Waals surface area (Å²) in [5, 5.41) is 5.85. The maximum absolute atomic E-state index is 12.8. The summed E-state index contributed by atoms with van der Waals surface area (Å²) in [6.45, 7) is 1.93. The molecule has 1 unspecified atom stereocenters. The van der Waals surface area contributed by atoms with Gasteiger partial charge in [-0.25, -0.2) is 4.98 Å². The number of fused-ring (bicyclic) bond motifs is 1. The number of carbonyl (C=O) groups is 2. The van der Waals surface area contributed by atoms with Gasteiger partial charge in [0.1, 0.15) is 0 Å². The van der Waals surface area contributed by atoms with Crippen LogP contribution in [0.4, 0.5) is 5.69 Å². The molecule has 3 aromatic carbocycles. The first-order valence-electron chi connectivity index (χ1n) is 9.21. The number of aromatic nitrogens is 1. The van der Waals surface area contributed by atoms with E-state index in [-0.39, 0.29) is 17.9 Å². The monoisotopic (exact) mass is 401 g/mol. The Morgan fingerprint density at radius 1 is 0.931 bits per heavy atom. The van der Waals surface area contributed by atoms with Crippen LogP contribution in [0.25, 0.3) is 10.2 Å². The summed E-state index contributed by atoms with van der Waals surface area (Å²) in [5.41, 5.74) is 5.04. The summed E-state index contributed by atoms with van der Waals surface area (Å²) >= 11 is 1.48. The van der Waals surface area contributed by atoms with Crippen LogP contribution in [-0.2, 0) is 0 Å². The highest BCUT2D eigenvalue weighted by Gasteiger charge is 2.17. The average Bonchev–Trinajstić information content (AvgIpc) is 3.22. The first-order chi connectivity index (χ1) is 14.1. The third-order valence-corrected chi connectivity index (χ3v) is 5.45. The summed E-state index contributed by atoms with van der Waals surface area (Å²) in [4.78, 5) is 29.8. The number of hydrogen-bond donors (Lipinski definition) is 2. The van der Waals surface area contributed by atoms with Crippen LogP contribution in [0, 0.1) is 0 Å². The smallest absolute Gasteiger partial charge is 0.255 e. The van der Waals surface area contributed by atoms with Gasteiger partial charge in [0, 0.05) is 5.56 Å². The lowest BCUT2D eigenvalue weighted by Gasteiger charge is -2.16. The van der Waals surface area contributed by atoms with E-state index >= 15 is 0 Å². The lowest BCUT2D eigenvalue weighted by atomic mass is 10.1. The Kier molecular flexibility index (Phi) is 5.35. The first-order valence-corrected chi connectivity index (χ1v) is 10.1. The maximum Gasteiger partial charge on any atom is 0.255 e. The molecule has 0 aliphatic carbocycles. The van der Waals surface area contributed by atoms with Crippen molar-refractivity contribution in [3.8, 4) is 0 Å². The highest BCUT2D eigenvalue weighted by Crippen LogP contribution is 2.22. The fraction of sp³-hybridized carbons (Fsp3) is 0.0870. The highest BCUT2D eigenvalue weighted by molar-refractivity contribution is 7.16. The summed E-state index contributed by atoms with van der Waals surface area (Å²) in [5.74, 6) is -0.508. The minimum atomic E-state index is -0.267. The SMILES string of the molecule is CC(NC(=O)c1ccccc1NC(=O)c1ccc2ncsc2c1)c1ccccc1. The number of nitrogens with zero attached hydrogens (tertiary/aromatic N) is 1. The Morgan fingerprint density at radius 3 is 2.52 bits per heavy atom. The molecule has 6 heteroatoms. The van der Waals surface area contributed by atoms with Crippen molar-refractivity contribution in [1.82, 2.24) is 10.3 Å². The van der Waals surface area contributed by atoms with Gasteiger partial charge in [0.2, 0.25) is 0 Å². The molecule has 144 valence electrons. The molecule has 4 aromatic rings. The number of hydrogen-bond acceptors (Lipinski definition) is 4. The van der Waals surface area contributed by atoms with Crippen LogP contribution >= 0.6 is 11.3 Å². The van der Waals surface area contributed by atoms with Gasteiger partial charge in [0.15, 0.2) is 0 Å². The Labute approximate surface area is 172 Å². The van der Waals surface area contributed by atoms with E-state index in [9.17, 15) is 9.59 Å². The number of rotatable bonds is 5. The van der Waals surface area contributed by atoms with Gasteiger partial charge < -0.3 is 10.6 Å². The minimum Gasteiger partial charge on any atom is -0.345 e. The molecule has 2 N–H and O–H groups in total. The van der Waals surface area contributed by atoms with Crippen molar-refractivity contribution in [3.05, 3.63) is 95.0 Å². The number of anilines is 1. The van der Waals surface area contributed by atoms with E-state index in [1.54, 1.807) is 35.8 Å². The normalized spacial score (nSPS) is 11.8. The summed E-state index contributed by atoms with van der Waals surface area (Å²) in [6, 6.07) is 22.0. The molecule has 0 aliphatic heterocycles. The number of para-hydroxylation sites is 1. The number of thiazole rings is 1. The van der Waals surface area contributed by atoms with Crippen molar-refractivity contribution in [1.29, 1.82) is 0 Å². The molecule has 0 saturated heterocycles. The van der Waals surface area contributed by atoms with Crippen LogP contribution in [0.3, 0.4) is 0 Å². The summed E-state index contributed by atoms with van der Waals surface area (Å²) in [7, 11) is 0. The molecule has 0 bridgehead atoms. The van der Waals surface area contributed by atoms with Crippen molar-refractivity contribution in [2.75, 3.05) is 5.32 Å². The van der Waals surface area contributed by atoms with Gasteiger partial charge >= 0.3 is 0 Å².